The molecular weight excluding hydrogens is 359 g/mol. The largest absolute Gasteiger partial charge is 1.00 e. The fraction of sp³-hybridized carbons (Fsp3) is 0.211. The van der Waals surface area contributed by atoms with Gasteiger partial charge in [-0.1, -0.05) is 35.9 Å². The van der Waals surface area contributed by atoms with Crippen molar-refractivity contribution in [3.05, 3.63) is 76.3 Å². The molecule has 3 rings (SSSR count). The zero-order valence-corrected chi connectivity index (χ0v) is 18.0. The predicted octanol–water partition coefficient (Wildman–Crippen LogP) is 1.32. The number of rotatable bonds is 5. The normalized spacial score (nSPS) is 14.9. The van der Waals surface area contributed by atoms with Gasteiger partial charge in [0, 0.05) is 11.3 Å². The van der Waals surface area contributed by atoms with E-state index in [-0.39, 0.29) is 34.5 Å². The van der Waals surface area contributed by atoms with Crippen LogP contribution in [0.2, 0.25) is 0 Å². The summed E-state index contributed by atoms with van der Waals surface area (Å²) in [6, 6.07) is 12.3. The van der Waals surface area contributed by atoms with Crippen LogP contribution in [0.15, 0.2) is 64.8 Å². The molecule has 0 aliphatic heterocycles. The van der Waals surface area contributed by atoms with Gasteiger partial charge in [0.1, 0.15) is 15.8 Å². The number of nitrogens with zero attached hydrogens (tertiary/aromatic N) is 2. The van der Waals surface area contributed by atoms with E-state index in [4.69, 9.17) is 4.74 Å². The van der Waals surface area contributed by atoms with Gasteiger partial charge in [-0.15, -0.1) is 0 Å². The molecule has 2 aromatic carbocycles. The van der Waals surface area contributed by atoms with Crippen molar-refractivity contribution in [3.63, 3.8) is 0 Å². The molecule has 0 unspecified atom stereocenters. The van der Waals surface area contributed by atoms with Gasteiger partial charge in [-0.2, -0.15) is 0 Å². The van der Waals surface area contributed by atoms with Crippen LogP contribution >= 0.6 is 0 Å². The Hall–Kier alpha value is -1.60. The number of allylic oxidation sites excluding steroid dienone is 1. The second-order valence-corrected chi connectivity index (χ2v) is 7.38. The van der Waals surface area contributed by atoms with Crippen molar-refractivity contribution in [1.29, 1.82) is 0 Å². The zero-order valence-electron chi connectivity index (χ0n) is 15.1. The van der Waals surface area contributed by atoms with Gasteiger partial charge < -0.3 is 14.7 Å². The number of sulfonamides is 1. The van der Waals surface area contributed by atoms with E-state index in [1.807, 2.05) is 32.0 Å². The minimum atomic E-state index is -3.81. The predicted molar refractivity (Wildman–Crippen MR) is 98.5 cm³/mol. The molecule has 5 nitrogen and oxygen atoms in total. The van der Waals surface area contributed by atoms with Gasteiger partial charge in [0.2, 0.25) is 0 Å². The average Bonchev–Trinajstić information content (AvgIpc) is 3.02. The van der Waals surface area contributed by atoms with Crippen LogP contribution in [0.5, 0.6) is 5.75 Å². The first-order valence-electron chi connectivity index (χ1n) is 8.02. The molecule has 7 heteroatoms. The van der Waals surface area contributed by atoms with Crippen LogP contribution in [0.25, 0.3) is 4.83 Å². The SMILES string of the molecule is C/C=C/Oc1cccc2c1/C(=N/[N-]S(=O)(=O)c1ccc(C)cc1)CC2.[Na+]. The van der Waals surface area contributed by atoms with Crippen molar-refractivity contribution in [2.45, 2.75) is 31.6 Å². The summed E-state index contributed by atoms with van der Waals surface area (Å²) in [5, 5.41) is 4.05. The molecule has 1 aliphatic rings. The Morgan fingerprint density at radius 3 is 2.54 bits per heavy atom. The molecule has 0 N–H and O–H groups in total. The Bertz CT molecular complexity index is 936. The smallest absolute Gasteiger partial charge is 0.490 e. The van der Waals surface area contributed by atoms with Crippen LogP contribution in [0.3, 0.4) is 0 Å². The van der Waals surface area contributed by atoms with Crippen LogP contribution in [0, 0.1) is 6.92 Å². The fourth-order valence-electron chi connectivity index (χ4n) is 2.69. The van der Waals surface area contributed by atoms with Crippen LogP contribution in [-0.4, -0.2) is 14.1 Å². The monoisotopic (exact) mass is 378 g/mol. The van der Waals surface area contributed by atoms with Crippen LogP contribution < -0.4 is 34.3 Å². The molecular formula is C19H19N2NaO3S. The molecule has 0 atom stereocenters. The molecule has 0 saturated heterocycles. The first-order chi connectivity index (χ1) is 12.0. The number of benzene rings is 2. The Kier molecular flexibility index (Phi) is 7.06. The Morgan fingerprint density at radius 1 is 1.12 bits per heavy atom. The molecule has 0 radical (unpaired) electrons. The van der Waals surface area contributed by atoms with Gasteiger partial charge in [0.15, 0.2) is 0 Å². The molecule has 0 amide bonds. The van der Waals surface area contributed by atoms with Crippen molar-refractivity contribution in [1.82, 2.24) is 0 Å². The van der Waals surface area contributed by atoms with Crippen LogP contribution in [-0.2, 0) is 16.4 Å². The molecule has 0 aromatic heterocycles. The molecule has 2 aromatic rings. The third kappa shape index (κ3) is 4.57. The first-order valence-corrected chi connectivity index (χ1v) is 9.46. The minimum absolute atomic E-state index is 0. The van der Waals surface area contributed by atoms with E-state index in [0.29, 0.717) is 17.9 Å². The van der Waals surface area contributed by atoms with E-state index in [1.165, 1.54) is 12.1 Å². The Balaban J connectivity index is 0.00000243. The number of ether oxygens (including phenoxy) is 1. The van der Waals surface area contributed by atoms with Crippen molar-refractivity contribution >= 4 is 15.7 Å². The third-order valence-corrected chi connectivity index (χ3v) is 5.12. The quantitative estimate of drug-likeness (QED) is 0.448. The zero-order chi connectivity index (χ0) is 17.9. The fourth-order valence-corrected chi connectivity index (χ4v) is 3.47. The summed E-state index contributed by atoms with van der Waals surface area (Å²) >= 11 is 0. The van der Waals surface area contributed by atoms with E-state index in [0.717, 1.165) is 23.1 Å². The Morgan fingerprint density at radius 2 is 1.85 bits per heavy atom. The summed E-state index contributed by atoms with van der Waals surface area (Å²) in [4.78, 5) is 3.78. The van der Waals surface area contributed by atoms with Crippen molar-refractivity contribution < 1.29 is 42.7 Å². The number of aryl methyl sites for hydroxylation is 2. The summed E-state index contributed by atoms with van der Waals surface area (Å²) in [6.07, 6.45) is 4.81. The van der Waals surface area contributed by atoms with Crippen molar-refractivity contribution in [3.8, 4) is 5.75 Å². The van der Waals surface area contributed by atoms with Crippen molar-refractivity contribution in [2.75, 3.05) is 0 Å². The van der Waals surface area contributed by atoms with E-state index >= 15 is 0 Å². The molecule has 0 bridgehead atoms. The third-order valence-electron chi connectivity index (χ3n) is 3.95. The standard InChI is InChI=1S/C19H19N2O3S.Na/c1-3-13-24-18-6-4-5-15-9-12-17(19(15)18)20-21-25(22,23)16-10-7-14(2)8-11-16;/h3-8,10-11,13H,9,12H2,1-2H3;/q-1;+1/b13-3+,20-17+;. The topological polar surface area (TPSA) is 69.8 Å². The molecule has 26 heavy (non-hydrogen) atoms. The van der Waals surface area contributed by atoms with E-state index < -0.39 is 10.0 Å². The maximum atomic E-state index is 12.4. The summed E-state index contributed by atoms with van der Waals surface area (Å²) in [6.45, 7) is 3.76. The maximum absolute atomic E-state index is 12.4. The van der Waals surface area contributed by atoms with Gasteiger partial charge in [-0.3, -0.25) is 0 Å². The van der Waals surface area contributed by atoms with Crippen molar-refractivity contribution in [2.24, 2.45) is 5.10 Å². The number of hydrogen-bond acceptors (Lipinski definition) is 4. The number of fused-ring (bicyclic) bond motifs is 1. The Labute approximate surface area is 176 Å². The van der Waals surface area contributed by atoms with Gasteiger partial charge in [-0.05, 0) is 50.5 Å². The molecule has 0 heterocycles. The van der Waals surface area contributed by atoms with Gasteiger partial charge in [0.25, 0.3) is 0 Å². The molecule has 1 aliphatic carbocycles. The first kappa shape index (κ1) is 20.7. The van der Waals surface area contributed by atoms with Gasteiger partial charge in [0.05, 0.1) is 11.2 Å². The number of hydrogen-bond donors (Lipinski definition) is 0. The van der Waals surface area contributed by atoms with Gasteiger partial charge >= 0.3 is 29.6 Å². The maximum Gasteiger partial charge on any atom is 1.00 e. The molecule has 0 saturated carbocycles. The molecule has 0 spiro atoms. The average molecular weight is 378 g/mol. The molecule has 130 valence electrons. The summed E-state index contributed by atoms with van der Waals surface area (Å²) in [5.41, 5.74) is 3.54. The molecule has 0 fully saturated rings. The van der Waals surface area contributed by atoms with E-state index in [2.05, 4.69) is 9.93 Å². The van der Waals surface area contributed by atoms with E-state index in [9.17, 15) is 8.42 Å². The summed E-state index contributed by atoms with van der Waals surface area (Å²) in [7, 11) is -3.81. The second-order valence-electron chi connectivity index (χ2n) is 5.79. The summed E-state index contributed by atoms with van der Waals surface area (Å²) < 4.78 is 30.3. The van der Waals surface area contributed by atoms with Crippen LogP contribution in [0.4, 0.5) is 0 Å². The second kappa shape index (κ2) is 8.86. The summed E-state index contributed by atoms with van der Waals surface area (Å²) in [5.74, 6) is 0.662. The van der Waals surface area contributed by atoms with E-state index in [1.54, 1.807) is 24.5 Å². The minimum Gasteiger partial charge on any atom is -0.490 e. The van der Waals surface area contributed by atoms with Crippen LogP contribution in [0.1, 0.15) is 30.0 Å². The van der Waals surface area contributed by atoms with Gasteiger partial charge in [-0.25, -0.2) is 8.42 Å².